The summed E-state index contributed by atoms with van der Waals surface area (Å²) < 4.78 is 0. The van der Waals surface area contributed by atoms with Crippen LogP contribution in [0.25, 0.3) is 0 Å². The highest BCUT2D eigenvalue weighted by atomic mass is 16.1. The number of hydrogen-bond donors (Lipinski definition) is 2. The van der Waals surface area contributed by atoms with Crippen molar-refractivity contribution in [3.63, 3.8) is 0 Å². The molecule has 1 amide bonds. The van der Waals surface area contributed by atoms with Crippen molar-refractivity contribution in [2.75, 3.05) is 11.9 Å². The standard InChI is InChI=1S/C16H16N2O/c19-16(18-10-12-6-2-1-3-7-12)14-11-17-15-9-5-4-8-13(14)15/h1-9,14,17H,10-11H2,(H,18,19). The van der Waals surface area contributed by atoms with Gasteiger partial charge in [-0.25, -0.2) is 0 Å². The van der Waals surface area contributed by atoms with Crippen molar-refractivity contribution in [3.8, 4) is 0 Å². The topological polar surface area (TPSA) is 41.1 Å². The third-order valence-electron chi connectivity index (χ3n) is 3.46. The minimum Gasteiger partial charge on any atom is -0.384 e. The maximum Gasteiger partial charge on any atom is 0.229 e. The Bertz CT molecular complexity index is 580. The van der Waals surface area contributed by atoms with Gasteiger partial charge in [-0.15, -0.1) is 0 Å². The van der Waals surface area contributed by atoms with Gasteiger partial charge in [-0.05, 0) is 17.2 Å². The van der Waals surface area contributed by atoms with E-state index in [4.69, 9.17) is 0 Å². The maximum absolute atomic E-state index is 12.2. The molecule has 2 aromatic carbocycles. The van der Waals surface area contributed by atoms with Crippen molar-refractivity contribution in [1.29, 1.82) is 0 Å². The van der Waals surface area contributed by atoms with E-state index in [2.05, 4.69) is 10.6 Å². The predicted molar refractivity (Wildman–Crippen MR) is 76.0 cm³/mol. The Morgan fingerprint density at radius 2 is 1.84 bits per heavy atom. The molecule has 0 fully saturated rings. The van der Waals surface area contributed by atoms with Gasteiger partial charge in [0.1, 0.15) is 0 Å². The molecule has 1 atom stereocenters. The Morgan fingerprint density at radius 1 is 1.11 bits per heavy atom. The van der Waals surface area contributed by atoms with E-state index in [1.54, 1.807) is 0 Å². The normalized spacial score (nSPS) is 16.5. The third-order valence-corrected chi connectivity index (χ3v) is 3.46. The summed E-state index contributed by atoms with van der Waals surface area (Å²) in [5.74, 6) is 0.00113. The summed E-state index contributed by atoms with van der Waals surface area (Å²) in [5, 5.41) is 6.27. The van der Waals surface area contributed by atoms with E-state index in [1.165, 1.54) is 0 Å². The van der Waals surface area contributed by atoms with Gasteiger partial charge in [-0.1, -0.05) is 48.5 Å². The largest absolute Gasteiger partial charge is 0.384 e. The molecule has 1 aliphatic heterocycles. The molecule has 1 unspecified atom stereocenters. The monoisotopic (exact) mass is 252 g/mol. The molecule has 0 saturated carbocycles. The Balaban J connectivity index is 1.66. The van der Waals surface area contributed by atoms with Crippen LogP contribution in [-0.2, 0) is 11.3 Å². The number of anilines is 1. The second-order valence-electron chi connectivity index (χ2n) is 4.72. The number of amides is 1. The van der Waals surface area contributed by atoms with Crippen LogP contribution in [0.2, 0.25) is 0 Å². The fraction of sp³-hybridized carbons (Fsp3) is 0.188. The third kappa shape index (κ3) is 2.45. The Kier molecular flexibility index (Phi) is 3.19. The predicted octanol–water partition coefficient (Wildman–Crippen LogP) is 2.51. The summed E-state index contributed by atoms with van der Waals surface area (Å²) in [5.41, 5.74) is 3.28. The Labute approximate surface area is 112 Å². The van der Waals surface area contributed by atoms with E-state index in [-0.39, 0.29) is 11.8 Å². The fourth-order valence-electron chi connectivity index (χ4n) is 2.43. The summed E-state index contributed by atoms with van der Waals surface area (Å²) in [4.78, 5) is 12.2. The van der Waals surface area contributed by atoms with E-state index >= 15 is 0 Å². The van der Waals surface area contributed by atoms with Crippen LogP contribution in [0.15, 0.2) is 54.6 Å². The van der Waals surface area contributed by atoms with Gasteiger partial charge in [0.15, 0.2) is 0 Å². The Hall–Kier alpha value is -2.29. The molecular formula is C16H16N2O. The highest BCUT2D eigenvalue weighted by Gasteiger charge is 2.27. The van der Waals surface area contributed by atoms with Crippen LogP contribution in [0.1, 0.15) is 17.0 Å². The molecule has 19 heavy (non-hydrogen) atoms. The Morgan fingerprint density at radius 3 is 2.68 bits per heavy atom. The first kappa shape index (κ1) is 11.8. The van der Waals surface area contributed by atoms with Gasteiger partial charge in [-0.2, -0.15) is 0 Å². The molecular weight excluding hydrogens is 236 g/mol. The lowest BCUT2D eigenvalue weighted by molar-refractivity contribution is -0.122. The van der Waals surface area contributed by atoms with E-state index in [1.807, 2.05) is 54.6 Å². The highest BCUT2D eigenvalue weighted by molar-refractivity contribution is 5.88. The van der Waals surface area contributed by atoms with Gasteiger partial charge in [0.05, 0.1) is 5.92 Å². The van der Waals surface area contributed by atoms with Gasteiger partial charge < -0.3 is 10.6 Å². The molecule has 1 heterocycles. The van der Waals surface area contributed by atoms with Crippen LogP contribution < -0.4 is 10.6 Å². The van der Waals surface area contributed by atoms with Crippen molar-refractivity contribution in [2.45, 2.75) is 12.5 Å². The first-order valence-electron chi connectivity index (χ1n) is 6.49. The van der Waals surface area contributed by atoms with Crippen molar-refractivity contribution in [1.82, 2.24) is 5.32 Å². The second kappa shape index (κ2) is 5.14. The first-order chi connectivity index (χ1) is 9.34. The van der Waals surface area contributed by atoms with E-state index < -0.39 is 0 Å². The molecule has 0 radical (unpaired) electrons. The molecule has 0 saturated heterocycles. The minimum atomic E-state index is -0.0834. The maximum atomic E-state index is 12.2. The molecule has 3 heteroatoms. The van der Waals surface area contributed by atoms with Crippen molar-refractivity contribution < 1.29 is 4.79 Å². The first-order valence-corrected chi connectivity index (χ1v) is 6.49. The van der Waals surface area contributed by atoms with Gasteiger partial charge in [0, 0.05) is 18.8 Å². The molecule has 3 rings (SSSR count). The van der Waals surface area contributed by atoms with Gasteiger partial charge in [0.2, 0.25) is 5.91 Å². The van der Waals surface area contributed by atoms with E-state index in [0.717, 1.165) is 16.8 Å². The highest BCUT2D eigenvalue weighted by Crippen LogP contribution is 2.30. The summed E-state index contributed by atoms with van der Waals surface area (Å²) >= 11 is 0. The molecule has 3 nitrogen and oxygen atoms in total. The number of nitrogens with one attached hydrogen (secondary N) is 2. The number of hydrogen-bond acceptors (Lipinski definition) is 2. The lowest BCUT2D eigenvalue weighted by Crippen LogP contribution is -2.29. The lowest BCUT2D eigenvalue weighted by Gasteiger charge is -2.11. The molecule has 96 valence electrons. The molecule has 2 aromatic rings. The van der Waals surface area contributed by atoms with Crippen LogP contribution in [-0.4, -0.2) is 12.5 Å². The van der Waals surface area contributed by atoms with Crippen molar-refractivity contribution >= 4 is 11.6 Å². The van der Waals surface area contributed by atoms with Crippen LogP contribution in [0, 0.1) is 0 Å². The summed E-state index contributed by atoms with van der Waals surface area (Å²) in [7, 11) is 0. The lowest BCUT2D eigenvalue weighted by atomic mass is 10.0. The molecule has 0 bridgehead atoms. The van der Waals surface area contributed by atoms with E-state index in [0.29, 0.717) is 13.1 Å². The molecule has 0 spiro atoms. The summed E-state index contributed by atoms with van der Waals surface area (Å²) in [6, 6.07) is 18.0. The van der Waals surface area contributed by atoms with Crippen LogP contribution in [0.5, 0.6) is 0 Å². The van der Waals surface area contributed by atoms with Gasteiger partial charge in [-0.3, -0.25) is 4.79 Å². The summed E-state index contributed by atoms with van der Waals surface area (Å²) in [6.45, 7) is 1.26. The molecule has 0 aliphatic carbocycles. The molecule has 1 aliphatic rings. The van der Waals surface area contributed by atoms with Gasteiger partial charge in [0.25, 0.3) is 0 Å². The van der Waals surface area contributed by atoms with Crippen molar-refractivity contribution in [3.05, 3.63) is 65.7 Å². The number of benzene rings is 2. The fourth-order valence-corrected chi connectivity index (χ4v) is 2.43. The second-order valence-corrected chi connectivity index (χ2v) is 4.72. The van der Waals surface area contributed by atoms with E-state index in [9.17, 15) is 4.79 Å². The smallest absolute Gasteiger partial charge is 0.229 e. The SMILES string of the molecule is O=C(NCc1ccccc1)C1CNc2ccccc21. The van der Waals surface area contributed by atoms with Crippen molar-refractivity contribution in [2.24, 2.45) is 0 Å². The van der Waals surface area contributed by atoms with Crippen LogP contribution >= 0.6 is 0 Å². The number of carbonyl (C=O) groups excluding carboxylic acids is 1. The average Bonchev–Trinajstić information content (AvgIpc) is 2.90. The average molecular weight is 252 g/mol. The molecule has 0 aromatic heterocycles. The van der Waals surface area contributed by atoms with Crippen LogP contribution in [0.4, 0.5) is 5.69 Å². The number of rotatable bonds is 3. The zero-order valence-corrected chi connectivity index (χ0v) is 10.6. The van der Waals surface area contributed by atoms with Gasteiger partial charge >= 0.3 is 0 Å². The summed E-state index contributed by atoms with van der Waals surface area (Å²) in [6.07, 6.45) is 0. The number of para-hydroxylation sites is 1. The quantitative estimate of drug-likeness (QED) is 0.881. The zero-order valence-electron chi connectivity index (χ0n) is 10.6. The number of fused-ring (bicyclic) bond motifs is 1. The van der Waals surface area contributed by atoms with Crippen LogP contribution in [0.3, 0.4) is 0 Å². The zero-order chi connectivity index (χ0) is 13.1. The molecule has 2 N–H and O–H groups in total. The minimum absolute atomic E-state index is 0.0834. The number of carbonyl (C=O) groups is 1.